The van der Waals surface area contributed by atoms with Gasteiger partial charge < -0.3 is 4.84 Å². The van der Waals surface area contributed by atoms with E-state index >= 15 is 0 Å². The van der Waals surface area contributed by atoms with Gasteiger partial charge in [0.05, 0.1) is 21.9 Å². The fourth-order valence-electron chi connectivity index (χ4n) is 3.42. The Kier molecular flexibility index (Phi) is 8.13. The molecule has 11 heteroatoms. The van der Waals surface area contributed by atoms with Crippen LogP contribution in [0.3, 0.4) is 0 Å². The first-order valence-electron chi connectivity index (χ1n) is 9.93. The quantitative estimate of drug-likeness (QED) is 0.565. The van der Waals surface area contributed by atoms with Crippen LogP contribution in [0.15, 0.2) is 47.4 Å². The van der Waals surface area contributed by atoms with Crippen LogP contribution in [-0.4, -0.2) is 37.7 Å². The molecule has 2 aromatic carbocycles. The van der Waals surface area contributed by atoms with Crippen LogP contribution in [0, 0.1) is 12.8 Å². The first-order chi connectivity index (χ1) is 15.2. The zero-order chi connectivity index (χ0) is 23.3. The zero-order valence-corrected chi connectivity index (χ0v) is 19.6. The highest BCUT2D eigenvalue weighted by Crippen LogP contribution is 2.26. The van der Waals surface area contributed by atoms with E-state index in [4.69, 9.17) is 28.0 Å². The Morgan fingerprint density at radius 1 is 1.16 bits per heavy atom. The fraction of sp³-hybridized carbons (Fsp3) is 0.333. The summed E-state index contributed by atoms with van der Waals surface area (Å²) in [5, 5.41) is 0.539. The molecule has 0 radical (unpaired) electrons. The minimum atomic E-state index is -3.63. The van der Waals surface area contributed by atoms with Crippen molar-refractivity contribution in [3.8, 4) is 0 Å². The average molecular weight is 500 g/mol. The number of piperidine rings is 1. The van der Waals surface area contributed by atoms with Gasteiger partial charge in [-0.2, -0.15) is 4.31 Å². The third-order valence-electron chi connectivity index (χ3n) is 5.10. The lowest BCUT2D eigenvalue weighted by atomic mass is 9.96. The smallest absolute Gasteiger partial charge is 0.327 e. The van der Waals surface area contributed by atoms with E-state index in [1.807, 2.05) is 6.92 Å². The van der Waals surface area contributed by atoms with Crippen LogP contribution >= 0.6 is 23.2 Å². The van der Waals surface area contributed by atoms with Crippen molar-refractivity contribution in [1.82, 2.24) is 15.3 Å². The van der Waals surface area contributed by atoms with Crippen molar-refractivity contribution in [2.75, 3.05) is 13.1 Å². The van der Waals surface area contributed by atoms with Crippen LogP contribution in [0.25, 0.3) is 0 Å². The summed E-state index contributed by atoms with van der Waals surface area (Å²) in [6.45, 7) is 2.51. The molecule has 8 nitrogen and oxygen atoms in total. The summed E-state index contributed by atoms with van der Waals surface area (Å²) in [5.74, 6) is -1.42. The first-order valence-corrected chi connectivity index (χ1v) is 12.1. The Bertz CT molecular complexity index is 1090. The van der Waals surface area contributed by atoms with Crippen molar-refractivity contribution in [1.29, 1.82) is 0 Å². The molecule has 172 valence electrons. The number of hydrogen-bond acceptors (Lipinski definition) is 6. The number of benzene rings is 2. The normalized spacial score (nSPS) is 17.0. The second-order valence-electron chi connectivity index (χ2n) is 7.54. The van der Waals surface area contributed by atoms with Crippen LogP contribution < -0.4 is 11.0 Å². The van der Waals surface area contributed by atoms with Crippen LogP contribution in [0.1, 0.15) is 35.2 Å². The molecule has 1 aliphatic rings. The predicted molar refractivity (Wildman–Crippen MR) is 120 cm³/mol. The van der Waals surface area contributed by atoms with Crippen molar-refractivity contribution >= 4 is 45.1 Å². The molecule has 0 aliphatic carbocycles. The third-order valence-corrected chi connectivity index (χ3v) is 7.53. The number of carbonyl (C=O) groups excluding carboxylic acids is 2. The maximum atomic E-state index is 12.9. The molecule has 0 bridgehead atoms. The van der Waals surface area contributed by atoms with E-state index in [-0.39, 0.29) is 34.4 Å². The minimum absolute atomic E-state index is 0.00445. The van der Waals surface area contributed by atoms with Crippen LogP contribution in [0.5, 0.6) is 0 Å². The molecule has 1 heterocycles. The van der Waals surface area contributed by atoms with E-state index in [2.05, 4.69) is 11.0 Å². The number of amides is 1. The van der Waals surface area contributed by atoms with Gasteiger partial charge in [0.2, 0.25) is 10.0 Å². The van der Waals surface area contributed by atoms with Crippen LogP contribution in [-0.2, 0) is 19.7 Å². The van der Waals surface area contributed by atoms with Crippen molar-refractivity contribution < 1.29 is 22.8 Å². The number of aryl methyl sites for hydroxylation is 1. The highest BCUT2D eigenvalue weighted by molar-refractivity contribution is 7.89. The van der Waals surface area contributed by atoms with Gasteiger partial charge in [-0.15, -0.1) is 0 Å². The Balaban J connectivity index is 1.49. The number of carbonyl (C=O) groups is 2. The van der Waals surface area contributed by atoms with Gasteiger partial charge in [-0.1, -0.05) is 46.5 Å². The summed E-state index contributed by atoms with van der Waals surface area (Å²) in [6, 6.07) is 11.0. The van der Waals surface area contributed by atoms with Crippen molar-refractivity contribution in [3.63, 3.8) is 0 Å². The van der Waals surface area contributed by atoms with Gasteiger partial charge in [0, 0.05) is 18.1 Å². The first kappa shape index (κ1) is 24.5. The van der Waals surface area contributed by atoms with Gasteiger partial charge in [-0.25, -0.2) is 8.42 Å². The molecule has 0 spiro atoms. The molecule has 1 atom stereocenters. The lowest BCUT2D eigenvalue weighted by Crippen LogP contribution is -2.42. The van der Waals surface area contributed by atoms with Gasteiger partial charge in [0.1, 0.15) is 0 Å². The van der Waals surface area contributed by atoms with E-state index in [0.29, 0.717) is 24.4 Å². The lowest BCUT2D eigenvalue weighted by Gasteiger charge is -2.31. The summed E-state index contributed by atoms with van der Waals surface area (Å²) in [6.07, 6.45) is 1.34. The summed E-state index contributed by atoms with van der Waals surface area (Å²) < 4.78 is 27.2. The molecule has 0 saturated carbocycles. The maximum Gasteiger partial charge on any atom is 0.327 e. The van der Waals surface area contributed by atoms with Gasteiger partial charge in [-0.05, 0) is 56.0 Å². The predicted octanol–water partition coefficient (Wildman–Crippen LogP) is 3.49. The molecule has 1 fully saturated rings. The fourth-order valence-corrected chi connectivity index (χ4v) is 5.47. The second-order valence-corrected chi connectivity index (χ2v) is 10.3. The van der Waals surface area contributed by atoms with E-state index in [1.54, 1.807) is 24.3 Å². The Morgan fingerprint density at radius 3 is 2.56 bits per heavy atom. The molecule has 1 saturated heterocycles. The molecule has 32 heavy (non-hydrogen) atoms. The Hall–Kier alpha value is -2.17. The van der Waals surface area contributed by atoms with Crippen molar-refractivity contribution in [2.45, 2.75) is 31.1 Å². The van der Waals surface area contributed by atoms with Gasteiger partial charge in [0.25, 0.3) is 5.91 Å². The number of sulfonamides is 1. The van der Waals surface area contributed by atoms with Crippen LogP contribution in [0.2, 0.25) is 10.0 Å². The number of hydrogen-bond donors (Lipinski definition) is 2. The number of nitrogens with zero attached hydrogens (tertiary/aromatic N) is 1. The van der Waals surface area contributed by atoms with E-state index in [1.165, 1.54) is 22.5 Å². The molecule has 2 N–H and O–H groups in total. The number of nitrogens with one attached hydrogen (secondary N) is 2. The van der Waals surface area contributed by atoms with Crippen molar-refractivity contribution in [3.05, 3.63) is 63.6 Å². The van der Waals surface area contributed by atoms with Gasteiger partial charge >= 0.3 is 5.97 Å². The molecular formula is C21H23Cl2N3O5S. The van der Waals surface area contributed by atoms with E-state index in [9.17, 15) is 18.0 Å². The number of hydrazine groups is 1. The minimum Gasteiger partial charge on any atom is -0.351 e. The standard InChI is InChI=1S/C21H23Cl2N3O5S/c1-14-4-7-17(8-5-14)32(29,30)26-10-2-3-15(13-26)11-20(27)31-25-24-21(28)18-9-6-16(22)12-19(18)23/h4-9,12,15,25H,2-3,10-11,13H2,1H3,(H,24,28). The second kappa shape index (κ2) is 10.6. The molecule has 1 amide bonds. The Labute approximate surface area is 196 Å². The third kappa shape index (κ3) is 6.20. The van der Waals surface area contributed by atoms with Gasteiger partial charge in [-0.3, -0.25) is 15.0 Å². The molecule has 0 aromatic heterocycles. The largest absolute Gasteiger partial charge is 0.351 e. The molecule has 1 unspecified atom stereocenters. The number of rotatable bonds is 7. The number of halogens is 2. The van der Waals surface area contributed by atoms with E-state index < -0.39 is 21.9 Å². The van der Waals surface area contributed by atoms with Crippen molar-refractivity contribution in [2.24, 2.45) is 5.92 Å². The summed E-state index contributed by atoms with van der Waals surface area (Å²) in [5.41, 5.74) is 5.47. The lowest BCUT2D eigenvalue weighted by molar-refractivity contribution is -0.154. The van der Waals surface area contributed by atoms with E-state index in [0.717, 1.165) is 5.56 Å². The summed E-state index contributed by atoms with van der Waals surface area (Å²) >= 11 is 11.8. The maximum absolute atomic E-state index is 12.9. The highest BCUT2D eigenvalue weighted by Gasteiger charge is 2.31. The van der Waals surface area contributed by atoms with Crippen LogP contribution in [0.4, 0.5) is 0 Å². The zero-order valence-electron chi connectivity index (χ0n) is 17.3. The molecule has 3 rings (SSSR count). The average Bonchev–Trinajstić information content (AvgIpc) is 2.74. The van der Waals surface area contributed by atoms with Gasteiger partial charge in [0.15, 0.2) is 0 Å². The molecule has 1 aliphatic heterocycles. The molecular weight excluding hydrogens is 477 g/mol. The summed E-state index contributed by atoms with van der Waals surface area (Å²) in [4.78, 5) is 29.3. The highest BCUT2D eigenvalue weighted by atomic mass is 35.5. The SMILES string of the molecule is Cc1ccc(S(=O)(=O)N2CCCC(CC(=O)ONNC(=O)c3ccc(Cl)cc3Cl)C2)cc1. The monoisotopic (exact) mass is 499 g/mol. The molecule has 2 aromatic rings. The summed E-state index contributed by atoms with van der Waals surface area (Å²) in [7, 11) is -3.63. The topological polar surface area (TPSA) is 105 Å². The Morgan fingerprint density at radius 2 is 1.88 bits per heavy atom.